The van der Waals surface area contributed by atoms with Crippen molar-refractivity contribution in [2.24, 2.45) is 0 Å². The summed E-state index contributed by atoms with van der Waals surface area (Å²) in [4.78, 5) is 13.9. The maximum absolute atomic E-state index is 13.9. The molecule has 1 N–H and O–H groups in total. The summed E-state index contributed by atoms with van der Waals surface area (Å²) in [6.07, 6.45) is 1.12. The number of pyridine rings is 1. The Balaban J connectivity index is 1.72. The number of benzene rings is 3. The van der Waals surface area contributed by atoms with E-state index in [4.69, 9.17) is 18.9 Å². The fraction of sp³-hybridized carbons (Fsp3) is 0.222. The zero-order chi connectivity index (χ0) is 23.4. The Morgan fingerprint density at radius 3 is 2.59 bits per heavy atom. The van der Waals surface area contributed by atoms with E-state index in [0.29, 0.717) is 42.0 Å². The van der Waals surface area contributed by atoms with E-state index < -0.39 is 0 Å². The van der Waals surface area contributed by atoms with Crippen LogP contribution in [-0.4, -0.2) is 30.7 Å². The fourth-order valence-electron chi connectivity index (χ4n) is 5.11. The Bertz CT molecular complexity index is 1520. The van der Waals surface area contributed by atoms with Crippen molar-refractivity contribution in [2.75, 3.05) is 21.0 Å². The van der Waals surface area contributed by atoms with Gasteiger partial charge in [0, 0.05) is 18.5 Å². The van der Waals surface area contributed by atoms with E-state index in [2.05, 4.69) is 0 Å². The Morgan fingerprint density at radius 2 is 1.82 bits per heavy atom. The Labute approximate surface area is 195 Å². The number of para-hydroxylation sites is 1. The monoisotopic (exact) mass is 457 g/mol. The van der Waals surface area contributed by atoms with Crippen LogP contribution >= 0.6 is 0 Å². The van der Waals surface area contributed by atoms with Crippen molar-refractivity contribution in [3.8, 4) is 40.0 Å². The van der Waals surface area contributed by atoms with E-state index >= 15 is 0 Å². The molecule has 0 saturated heterocycles. The van der Waals surface area contributed by atoms with Gasteiger partial charge in [-0.05, 0) is 58.8 Å². The predicted octanol–water partition coefficient (Wildman–Crippen LogP) is 4.27. The lowest BCUT2D eigenvalue weighted by atomic mass is 9.88. The van der Waals surface area contributed by atoms with E-state index in [1.54, 1.807) is 26.4 Å². The highest BCUT2D eigenvalue weighted by Gasteiger charge is 2.29. The van der Waals surface area contributed by atoms with Gasteiger partial charge in [0.05, 0.1) is 25.3 Å². The Kier molecular flexibility index (Phi) is 4.65. The number of hydrogen-bond donors (Lipinski definition) is 1. The molecular formula is C27H23NO6. The molecule has 3 heterocycles. The molecule has 0 atom stereocenters. The van der Waals surface area contributed by atoms with Crippen LogP contribution in [0.2, 0.25) is 0 Å². The molecule has 2 aliphatic rings. The predicted molar refractivity (Wildman–Crippen MR) is 127 cm³/mol. The minimum Gasteiger partial charge on any atom is -0.508 e. The molecule has 2 aliphatic heterocycles. The Hall–Kier alpha value is -4.13. The van der Waals surface area contributed by atoms with Crippen LogP contribution in [0.5, 0.6) is 28.7 Å². The molecule has 0 fully saturated rings. The molecule has 0 aliphatic carbocycles. The number of aryl methyl sites for hydroxylation is 1. The number of phenols is 1. The van der Waals surface area contributed by atoms with Gasteiger partial charge in [0.1, 0.15) is 5.75 Å². The Morgan fingerprint density at radius 1 is 1.03 bits per heavy atom. The van der Waals surface area contributed by atoms with Gasteiger partial charge in [-0.1, -0.05) is 18.2 Å². The number of methoxy groups -OCH3 is 2. The number of hydrogen-bond acceptors (Lipinski definition) is 6. The number of ether oxygens (including phenoxy) is 4. The van der Waals surface area contributed by atoms with Crippen molar-refractivity contribution in [1.29, 1.82) is 0 Å². The summed E-state index contributed by atoms with van der Waals surface area (Å²) in [5, 5.41) is 11.8. The lowest BCUT2D eigenvalue weighted by Crippen LogP contribution is -2.28. The number of phenolic OH excluding ortho intramolecular Hbond substituents is 1. The van der Waals surface area contributed by atoms with Gasteiger partial charge >= 0.3 is 0 Å². The fourth-order valence-corrected chi connectivity index (χ4v) is 5.11. The normalized spacial score (nSPS) is 13.5. The smallest absolute Gasteiger partial charge is 0.262 e. The van der Waals surface area contributed by atoms with Crippen LogP contribution < -0.4 is 24.5 Å². The third-order valence-corrected chi connectivity index (χ3v) is 6.70. The van der Waals surface area contributed by atoms with E-state index in [9.17, 15) is 9.90 Å². The zero-order valence-corrected chi connectivity index (χ0v) is 18.9. The van der Waals surface area contributed by atoms with Gasteiger partial charge in [0.2, 0.25) is 6.79 Å². The third-order valence-electron chi connectivity index (χ3n) is 6.70. The van der Waals surface area contributed by atoms with Crippen LogP contribution in [0.4, 0.5) is 0 Å². The van der Waals surface area contributed by atoms with Crippen LogP contribution in [0, 0.1) is 0 Å². The standard InChI is InChI=1S/C27H23NO6/c1-31-21-8-7-17-19(11-16-5-3-4-6-20(16)29)25-18-13-23-22(33-14-34-23)12-15(18)9-10-28(25)27(30)24(17)26(21)32-2/h3-8,12-13,29H,9-11,14H2,1-2H3. The lowest BCUT2D eigenvalue weighted by molar-refractivity contribution is 0.174. The van der Waals surface area contributed by atoms with Gasteiger partial charge in [-0.2, -0.15) is 0 Å². The van der Waals surface area contributed by atoms with Crippen molar-refractivity contribution in [2.45, 2.75) is 19.4 Å². The summed E-state index contributed by atoms with van der Waals surface area (Å²) < 4.78 is 24.2. The average Bonchev–Trinajstić information content (AvgIpc) is 3.32. The molecule has 172 valence electrons. The van der Waals surface area contributed by atoms with Crippen molar-refractivity contribution < 1.29 is 24.1 Å². The maximum atomic E-state index is 13.9. The van der Waals surface area contributed by atoms with Crippen molar-refractivity contribution in [3.05, 3.63) is 75.6 Å². The molecular weight excluding hydrogens is 434 g/mol. The van der Waals surface area contributed by atoms with Crippen LogP contribution in [-0.2, 0) is 19.4 Å². The third kappa shape index (κ3) is 2.93. The summed E-state index contributed by atoms with van der Waals surface area (Å²) in [6, 6.07) is 14.9. The van der Waals surface area contributed by atoms with Crippen molar-refractivity contribution in [1.82, 2.24) is 4.57 Å². The molecule has 0 bridgehead atoms. The number of aromatic nitrogens is 1. The highest BCUT2D eigenvalue weighted by molar-refractivity contribution is 5.96. The SMILES string of the molecule is COc1ccc2c(Cc3ccccc3O)c3n(c(=O)c2c1OC)CCc1cc2c(cc1-3)OCO2. The first-order valence-corrected chi connectivity index (χ1v) is 11.1. The second-order valence-corrected chi connectivity index (χ2v) is 8.43. The highest BCUT2D eigenvalue weighted by atomic mass is 16.7. The van der Waals surface area contributed by atoms with Crippen LogP contribution in [0.3, 0.4) is 0 Å². The summed E-state index contributed by atoms with van der Waals surface area (Å²) in [6.45, 7) is 0.704. The van der Waals surface area contributed by atoms with E-state index in [0.717, 1.165) is 39.1 Å². The molecule has 0 amide bonds. The number of fused-ring (bicyclic) bond motifs is 5. The number of nitrogens with zero attached hydrogens (tertiary/aromatic N) is 1. The minimum atomic E-state index is -0.134. The van der Waals surface area contributed by atoms with Crippen LogP contribution in [0.15, 0.2) is 53.3 Å². The summed E-state index contributed by atoms with van der Waals surface area (Å²) in [5.41, 5.74) is 4.43. The molecule has 1 aromatic heterocycles. The lowest BCUT2D eigenvalue weighted by Gasteiger charge is -2.27. The van der Waals surface area contributed by atoms with E-state index in [1.165, 1.54) is 0 Å². The number of rotatable bonds is 4. The maximum Gasteiger partial charge on any atom is 0.262 e. The van der Waals surface area contributed by atoms with Crippen LogP contribution in [0.25, 0.3) is 22.0 Å². The molecule has 34 heavy (non-hydrogen) atoms. The van der Waals surface area contributed by atoms with Crippen molar-refractivity contribution in [3.63, 3.8) is 0 Å². The first-order chi connectivity index (χ1) is 16.6. The second kappa shape index (κ2) is 7.73. The molecule has 7 heteroatoms. The minimum absolute atomic E-state index is 0.134. The molecule has 0 radical (unpaired) electrons. The summed E-state index contributed by atoms with van der Waals surface area (Å²) in [5.74, 6) is 2.52. The van der Waals surface area contributed by atoms with Crippen LogP contribution in [0.1, 0.15) is 16.7 Å². The zero-order valence-electron chi connectivity index (χ0n) is 18.9. The summed E-state index contributed by atoms with van der Waals surface area (Å²) >= 11 is 0. The van der Waals surface area contributed by atoms with E-state index in [-0.39, 0.29) is 18.1 Å². The molecule has 3 aromatic carbocycles. The highest BCUT2D eigenvalue weighted by Crippen LogP contribution is 2.45. The van der Waals surface area contributed by atoms with Gasteiger partial charge in [-0.15, -0.1) is 0 Å². The van der Waals surface area contributed by atoms with Gasteiger partial charge < -0.3 is 28.6 Å². The molecule has 7 nitrogen and oxygen atoms in total. The first-order valence-electron chi connectivity index (χ1n) is 11.1. The molecule has 0 spiro atoms. The van der Waals surface area contributed by atoms with Crippen molar-refractivity contribution >= 4 is 10.8 Å². The quantitative estimate of drug-likeness (QED) is 0.493. The molecule has 0 saturated carbocycles. The van der Waals surface area contributed by atoms with Gasteiger partial charge in [0.25, 0.3) is 5.56 Å². The second-order valence-electron chi connectivity index (χ2n) is 8.43. The molecule has 4 aromatic rings. The van der Waals surface area contributed by atoms with E-state index in [1.807, 2.05) is 41.0 Å². The molecule has 6 rings (SSSR count). The summed E-state index contributed by atoms with van der Waals surface area (Å²) in [7, 11) is 3.10. The van der Waals surface area contributed by atoms with Gasteiger partial charge in [-0.25, -0.2) is 0 Å². The number of aromatic hydroxyl groups is 1. The first kappa shape index (κ1) is 20.5. The largest absolute Gasteiger partial charge is 0.508 e. The van der Waals surface area contributed by atoms with Gasteiger partial charge in [-0.3, -0.25) is 4.79 Å². The van der Waals surface area contributed by atoms with Gasteiger partial charge in [0.15, 0.2) is 23.0 Å². The molecule has 0 unspecified atom stereocenters. The topological polar surface area (TPSA) is 79.2 Å². The average molecular weight is 457 g/mol.